The molecule has 1 saturated heterocycles. The van der Waals surface area contributed by atoms with E-state index < -0.39 is 0 Å². The Labute approximate surface area is 152 Å². The number of rotatable bonds is 5. The minimum absolute atomic E-state index is 0.114. The Morgan fingerprint density at radius 2 is 2.08 bits per heavy atom. The number of nitrogens with zero attached hydrogens (tertiary/aromatic N) is 2. The molecule has 2 fully saturated rings. The van der Waals surface area contributed by atoms with Crippen LogP contribution in [0.25, 0.3) is 0 Å². The normalized spacial score (nSPS) is 20.6. The summed E-state index contributed by atoms with van der Waals surface area (Å²) in [5, 5.41) is 12.0. The average Bonchev–Trinajstić information content (AvgIpc) is 3.36. The van der Waals surface area contributed by atoms with Crippen LogP contribution in [-0.2, 0) is 6.61 Å². The van der Waals surface area contributed by atoms with Crippen molar-refractivity contribution in [2.45, 2.75) is 42.1 Å². The molecule has 1 aliphatic carbocycles. The molecule has 3 nitrogen and oxygen atoms in total. The molecule has 0 bridgehead atoms. The highest BCUT2D eigenvalue weighted by atomic mass is 35.5. The first-order valence-electron chi connectivity index (χ1n) is 8.50. The van der Waals surface area contributed by atoms with Crippen LogP contribution in [0.5, 0.6) is 0 Å². The van der Waals surface area contributed by atoms with Gasteiger partial charge < -0.3 is 10.0 Å². The predicted molar refractivity (Wildman–Crippen MR) is 100 cm³/mol. The molecule has 2 heterocycles. The van der Waals surface area contributed by atoms with Crippen molar-refractivity contribution in [1.29, 1.82) is 0 Å². The van der Waals surface area contributed by atoms with E-state index in [1.807, 2.05) is 23.9 Å². The topological polar surface area (TPSA) is 36.4 Å². The van der Waals surface area contributed by atoms with Gasteiger partial charge in [0.25, 0.3) is 0 Å². The fourth-order valence-corrected chi connectivity index (χ4v) is 4.55. The minimum atomic E-state index is 0.114. The van der Waals surface area contributed by atoms with E-state index >= 15 is 0 Å². The number of aliphatic hydroxyl groups is 1. The van der Waals surface area contributed by atoms with Crippen molar-refractivity contribution in [1.82, 2.24) is 4.98 Å². The Bertz CT molecular complexity index is 718. The number of benzene rings is 1. The van der Waals surface area contributed by atoms with Crippen LogP contribution in [0.3, 0.4) is 0 Å². The number of thioether (sulfide) groups is 1. The second kappa shape index (κ2) is 6.95. The van der Waals surface area contributed by atoms with Gasteiger partial charge in [0.05, 0.1) is 16.7 Å². The molecule has 24 heavy (non-hydrogen) atoms. The molecule has 0 spiro atoms. The van der Waals surface area contributed by atoms with Crippen molar-refractivity contribution in [3.8, 4) is 0 Å². The summed E-state index contributed by atoms with van der Waals surface area (Å²) in [6.45, 7) is 2.13. The third kappa shape index (κ3) is 3.56. The predicted octanol–water partition coefficient (Wildman–Crippen LogP) is 4.48. The minimum Gasteiger partial charge on any atom is -0.392 e. The first-order valence-corrected chi connectivity index (χ1v) is 9.75. The van der Waals surface area contributed by atoms with E-state index in [0.29, 0.717) is 10.3 Å². The molecule has 4 rings (SSSR count). The SMILES string of the molecule is OCc1cc(C2CC2)ccc1N1CC[C@H](Sc2ccc(Cl)cn2)C1. The summed E-state index contributed by atoms with van der Waals surface area (Å²) in [5.41, 5.74) is 3.64. The van der Waals surface area contributed by atoms with Crippen LogP contribution in [0.4, 0.5) is 5.69 Å². The molecular weight excluding hydrogens is 340 g/mol. The molecule has 1 N–H and O–H groups in total. The second-order valence-electron chi connectivity index (χ2n) is 6.61. The largest absolute Gasteiger partial charge is 0.392 e. The molecule has 2 aromatic rings. The van der Waals surface area contributed by atoms with Crippen molar-refractivity contribution in [3.05, 3.63) is 52.7 Å². The Balaban J connectivity index is 1.45. The number of hydrogen-bond acceptors (Lipinski definition) is 4. The van der Waals surface area contributed by atoms with Crippen molar-refractivity contribution >= 4 is 29.1 Å². The molecule has 1 aliphatic heterocycles. The van der Waals surface area contributed by atoms with Crippen LogP contribution >= 0.6 is 23.4 Å². The van der Waals surface area contributed by atoms with Crippen LogP contribution in [0.1, 0.15) is 36.3 Å². The highest BCUT2D eigenvalue weighted by Crippen LogP contribution is 2.42. The van der Waals surface area contributed by atoms with E-state index in [0.717, 1.165) is 36.0 Å². The third-order valence-electron chi connectivity index (χ3n) is 4.80. The highest BCUT2D eigenvalue weighted by molar-refractivity contribution is 7.99. The Hall–Kier alpha value is -1.23. The molecule has 0 radical (unpaired) electrons. The van der Waals surface area contributed by atoms with Gasteiger partial charge >= 0.3 is 0 Å². The van der Waals surface area contributed by atoms with Crippen molar-refractivity contribution in [2.24, 2.45) is 0 Å². The van der Waals surface area contributed by atoms with E-state index in [-0.39, 0.29) is 6.61 Å². The lowest BCUT2D eigenvalue weighted by molar-refractivity contribution is 0.282. The molecule has 5 heteroatoms. The van der Waals surface area contributed by atoms with Gasteiger partial charge in [-0.1, -0.05) is 23.7 Å². The molecular formula is C19H21ClN2OS. The summed E-state index contributed by atoms with van der Waals surface area (Å²) in [4.78, 5) is 6.78. The number of anilines is 1. The molecule has 1 atom stereocenters. The number of aliphatic hydroxyl groups excluding tert-OH is 1. The second-order valence-corrected chi connectivity index (χ2v) is 8.37. The Morgan fingerprint density at radius 1 is 1.21 bits per heavy atom. The maximum Gasteiger partial charge on any atom is 0.0964 e. The van der Waals surface area contributed by atoms with Gasteiger partial charge in [0.2, 0.25) is 0 Å². The van der Waals surface area contributed by atoms with E-state index in [2.05, 4.69) is 28.1 Å². The van der Waals surface area contributed by atoms with Gasteiger partial charge in [-0.05, 0) is 48.9 Å². The van der Waals surface area contributed by atoms with Gasteiger partial charge in [0, 0.05) is 35.8 Å². The van der Waals surface area contributed by atoms with Gasteiger partial charge in [-0.25, -0.2) is 4.98 Å². The molecule has 1 aromatic carbocycles. The van der Waals surface area contributed by atoms with Gasteiger partial charge in [0.15, 0.2) is 0 Å². The van der Waals surface area contributed by atoms with Crippen LogP contribution in [-0.4, -0.2) is 28.4 Å². The Kier molecular flexibility index (Phi) is 4.70. The lowest BCUT2D eigenvalue weighted by Crippen LogP contribution is -2.21. The summed E-state index contributed by atoms with van der Waals surface area (Å²) in [7, 11) is 0. The van der Waals surface area contributed by atoms with E-state index in [9.17, 15) is 5.11 Å². The fraction of sp³-hybridized carbons (Fsp3) is 0.421. The van der Waals surface area contributed by atoms with Gasteiger partial charge in [-0.2, -0.15) is 0 Å². The number of aromatic nitrogens is 1. The lowest BCUT2D eigenvalue weighted by Gasteiger charge is -2.22. The quantitative estimate of drug-likeness (QED) is 0.853. The molecule has 2 aliphatic rings. The zero-order valence-electron chi connectivity index (χ0n) is 13.5. The first kappa shape index (κ1) is 16.2. The zero-order valence-corrected chi connectivity index (χ0v) is 15.1. The van der Waals surface area contributed by atoms with Crippen LogP contribution in [0.15, 0.2) is 41.6 Å². The smallest absolute Gasteiger partial charge is 0.0964 e. The molecule has 0 unspecified atom stereocenters. The maximum atomic E-state index is 9.78. The van der Waals surface area contributed by atoms with E-state index in [1.54, 1.807) is 6.20 Å². The van der Waals surface area contributed by atoms with E-state index in [4.69, 9.17) is 11.6 Å². The monoisotopic (exact) mass is 360 g/mol. The molecule has 1 saturated carbocycles. The first-order chi connectivity index (χ1) is 11.7. The highest BCUT2D eigenvalue weighted by Gasteiger charge is 2.27. The molecule has 126 valence electrons. The van der Waals surface area contributed by atoms with Gasteiger partial charge in [0.1, 0.15) is 0 Å². The summed E-state index contributed by atoms with van der Waals surface area (Å²) < 4.78 is 0. The average molecular weight is 361 g/mol. The zero-order chi connectivity index (χ0) is 16.5. The summed E-state index contributed by atoms with van der Waals surface area (Å²) in [5.74, 6) is 0.724. The molecule has 1 aromatic heterocycles. The summed E-state index contributed by atoms with van der Waals surface area (Å²) in [6, 6.07) is 10.5. The number of hydrogen-bond donors (Lipinski definition) is 1. The molecule has 0 amide bonds. The van der Waals surface area contributed by atoms with Gasteiger partial charge in [-0.3, -0.25) is 0 Å². The standard InChI is InChI=1S/C19H21ClN2OS/c20-16-4-6-19(21-10-16)24-17-7-8-22(11-17)18-5-3-14(13-1-2-13)9-15(18)12-23/h3-6,9-10,13,17,23H,1-2,7-8,11-12H2/t17-/m0/s1. The maximum absolute atomic E-state index is 9.78. The Morgan fingerprint density at radius 3 is 2.79 bits per heavy atom. The van der Waals surface area contributed by atoms with Crippen LogP contribution in [0, 0.1) is 0 Å². The summed E-state index contributed by atoms with van der Waals surface area (Å²) in [6.07, 6.45) is 5.42. The third-order valence-corrected chi connectivity index (χ3v) is 6.22. The van der Waals surface area contributed by atoms with Crippen molar-refractivity contribution < 1.29 is 5.11 Å². The summed E-state index contributed by atoms with van der Waals surface area (Å²) >= 11 is 7.72. The van der Waals surface area contributed by atoms with Gasteiger partial charge in [-0.15, -0.1) is 11.8 Å². The van der Waals surface area contributed by atoms with E-state index in [1.165, 1.54) is 24.1 Å². The lowest BCUT2D eigenvalue weighted by atomic mass is 10.0. The van der Waals surface area contributed by atoms with Crippen LogP contribution in [0.2, 0.25) is 5.02 Å². The van der Waals surface area contributed by atoms with Crippen molar-refractivity contribution in [2.75, 3.05) is 18.0 Å². The van der Waals surface area contributed by atoms with Crippen molar-refractivity contribution in [3.63, 3.8) is 0 Å². The number of pyridine rings is 1. The van der Waals surface area contributed by atoms with Crippen LogP contribution < -0.4 is 4.90 Å². The number of halogens is 1. The fourth-order valence-electron chi connectivity index (χ4n) is 3.36.